The quantitative estimate of drug-likeness (QED) is 0.229. The molecule has 26 heavy (non-hydrogen) atoms. The summed E-state index contributed by atoms with van der Waals surface area (Å²) in [5.41, 5.74) is 2.06. The van der Waals surface area contributed by atoms with E-state index in [1.807, 2.05) is 0 Å². The van der Waals surface area contributed by atoms with Crippen LogP contribution in [0.15, 0.2) is 54.6 Å². The maximum Gasteiger partial charge on any atom is 0.270 e. The van der Waals surface area contributed by atoms with E-state index in [1.54, 1.807) is 42.5 Å². The molecule has 2 aromatic heterocycles. The predicted molar refractivity (Wildman–Crippen MR) is 98.7 cm³/mol. The third-order valence-electron chi connectivity index (χ3n) is 4.08. The molecular weight excluding hydrogens is 378 g/mol. The van der Waals surface area contributed by atoms with Crippen molar-refractivity contribution in [2.75, 3.05) is 0 Å². The van der Waals surface area contributed by atoms with Crippen LogP contribution in [0.4, 0.5) is 5.69 Å². The summed E-state index contributed by atoms with van der Waals surface area (Å²) in [6, 6.07) is 14.7. The van der Waals surface area contributed by atoms with Crippen LogP contribution in [-0.4, -0.2) is 22.6 Å². The molecule has 0 saturated carbocycles. The summed E-state index contributed by atoms with van der Waals surface area (Å²) in [5, 5.41) is 12.5. The van der Waals surface area contributed by atoms with Gasteiger partial charge < -0.3 is 4.55 Å². The second-order valence-corrected chi connectivity index (χ2v) is 6.74. The minimum absolute atomic E-state index is 0.0147. The lowest BCUT2D eigenvalue weighted by molar-refractivity contribution is -0.384. The van der Waals surface area contributed by atoms with Gasteiger partial charge in [0.1, 0.15) is 5.15 Å². The first-order valence-corrected chi connectivity index (χ1v) is 8.82. The number of halogens is 1. The summed E-state index contributed by atoms with van der Waals surface area (Å²) in [7, 11) is 0. The number of hydrogen-bond acceptors (Lipinski definition) is 5. The fourth-order valence-electron chi connectivity index (χ4n) is 2.96. The molecule has 0 bridgehead atoms. The lowest BCUT2D eigenvalue weighted by Gasteiger charge is -2.09. The summed E-state index contributed by atoms with van der Waals surface area (Å²) in [6.07, 6.45) is 0. The standard InChI is InChI=1S/C17H10ClN3O4S/c18-16-7-5-13-14-9-11(10-2-1-3-12(8-10)21(22)23)4-6-15(14)20(26(24)25)17(13)19-16/h1-9H,(H,24,25)/p-1. The van der Waals surface area contributed by atoms with E-state index in [4.69, 9.17) is 11.6 Å². The van der Waals surface area contributed by atoms with Crippen LogP contribution in [-0.2, 0) is 11.3 Å². The highest BCUT2D eigenvalue weighted by atomic mass is 35.5. The molecule has 9 heteroatoms. The van der Waals surface area contributed by atoms with Crippen LogP contribution in [0.2, 0.25) is 5.15 Å². The van der Waals surface area contributed by atoms with Gasteiger partial charge in [-0.25, -0.2) is 4.98 Å². The normalized spacial score (nSPS) is 12.5. The van der Waals surface area contributed by atoms with Gasteiger partial charge in [0.25, 0.3) is 5.69 Å². The van der Waals surface area contributed by atoms with Gasteiger partial charge in [-0.2, -0.15) is 0 Å². The Bertz CT molecular complexity index is 1220. The Morgan fingerprint density at radius 1 is 1.04 bits per heavy atom. The van der Waals surface area contributed by atoms with Crippen LogP contribution in [0, 0.1) is 10.1 Å². The second kappa shape index (κ2) is 6.17. The van der Waals surface area contributed by atoms with Crippen LogP contribution in [0.5, 0.6) is 0 Å². The third-order valence-corrected chi connectivity index (χ3v) is 4.96. The topological polar surface area (TPSA) is 101 Å². The average molecular weight is 387 g/mol. The first-order chi connectivity index (χ1) is 12.5. The molecule has 0 N–H and O–H groups in total. The van der Waals surface area contributed by atoms with Crippen LogP contribution in [0.25, 0.3) is 33.1 Å². The molecule has 0 saturated heterocycles. The summed E-state index contributed by atoms with van der Waals surface area (Å²) < 4.78 is 24.4. The van der Waals surface area contributed by atoms with E-state index < -0.39 is 16.2 Å². The number of nitrogens with zero attached hydrogens (tertiary/aromatic N) is 3. The first-order valence-electron chi connectivity index (χ1n) is 7.41. The van der Waals surface area contributed by atoms with Crippen molar-refractivity contribution in [2.24, 2.45) is 0 Å². The molecule has 0 aliphatic heterocycles. The molecule has 0 radical (unpaired) electrons. The number of nitro benzene ring substituents is 1. The van der Waals surface area contributed by atoms with Crippen molar-refractivity contribution >= 4 is 50.5 Å². The summed E-state index contributed by atoms with van der Waals surface area (Å²) in [5.74, 6) is 0. The molecule has 7 nitrogen and oxygen atoms in total. The van der Waals surface area contributed by atoms with Crippen LogP contribution < -0.4 is 0 Å². The molecule has 0 amide bonds. The smallest absolute Gasteiger partial charge is 0.270 e. The van der Waals surface area contributed by atoms with Crippen molar-refractivity contribution in [3.8, 4) is 11.1 Å². The van der Waals surface area contributed by atoms with Gasteiger partial charge in [-0.1, -0.05) is 29.8 Å². The molecule has 4 aromatic rings. The Balaban J connectivity index is 2.01. The van der Waals surface area contributed by atoms with Gasteiger partial charge in [-0.05, 0) is 35.4 Å². The van der Waals surface area contributed by atoms with Gasteiger partial charge in [-0.15, -0.1) is 0 Å². The monoisotopic (exact) mass is 386 g/mol. The first kappa shape index (κ1) is 16.6. The van der Waals surface area contributed by atoms with Crippen LogP contribution >= 0.6 is 11.6 Å². The lowest BCUT2D eigenvalue weighted by Crippen LogP contribution is -2.03. The minimum Gasteiger partial charge on any atom is -0.755 e. The molecular formula is C17H9ClN3O4S-. The molecule has 0 aliphatic carbocycles. The van der Waals surface area contributed by atoms with Gasteiger partial charge in [-0.3, -0.25) is 18.3 Å². The molecule has 0 aliphatic rings. The van der Waals surface area contributed by atoms with Crippen LogP contribution in [0.1, 0.15) is 0 Å². The zero-order chi connectivity index (χ0) is 18.4. The number of fused-ring (bicyclic) bond motifs is 3. The highest BCUT2D eigenvalue weighted by Crippen LogP contribution is 2.33. The predicted octanol–water partition coefficient (Wildman–Crippen LogP) is 4.06. The largest absolute Gasteiger partial charge is 0.755 e. The zero-order valence-corrected chi connectivity index (χ0v) is 14.5. The number of aromatic nitrogens is 2. The highest BCUT2D eigenvalue weighted by molar-refractivity contribution is 7.77. The van der Waals surface area contributed by atoms with Gasteiger partial charge in [0.2, 0.25) is 0 Å². The lowest BCUT2D eigenvalue weighted by atomic mass is 10.0. The van der Waals surface area contributed by atoms with Gasteiger partial charge in [0.05, 0.1) is 21.7 Å². The molecule has 130 valence electrons. The van der Waals surface area contributed by atoms with Crippen molar-refractivity contribution in [3.05, 3.63) is 69.9 Å². The molecule has 2 heterocycles. The summed E-state index contributed by atoms with van der Waals surface area (Å²) in [4.78, 5) is 14.7. The summed E-state index contributed by atoms with van der Waals surface area (Å²) in [6.45, 7) is 0. The van der Waals surface area contributed by atoms with Crippen molar-refractivity contribution < 1.29 is 13.7 Å². The van der Waals surface area contributed by atoms with E-state index in [-0.39, 0.29) is 16.5 Å². The Morgan fingerprint density at radius 3 is 2.54 bits per heavy atom. The Hall–Kier alpha value is -2.81. The third kappa shape index (κ3) is 2.64. The van der Waals surface area contributed by atoms with Crippen molar-refractivity contribution in [2.45, 2.75) is 0 Å². The number of nitro groups is 1. The Morgan fingerprint density at radius 2 is 1.81 bits per heavy atom. The molecule has 2 aromatic carbocycles. The molecule has 4 rings (SSSR count). The molecule has 0 spiro atoms. The van der Waals surface area contributed by atoms with Gasteiger partial charge in [0, 0.05) is 22.9 Å². The number of pyridine rings is 1. The van der Waals surface area contributed by atoms with Crippen molar-refractivity contribution in [1.82, 2.24) is 8.96 Å². The summed E-state index contributed by atoms with van der Waals surface area (Å²) >= 11 is 3.35. The minimum atomic E-state index is -2.56. The van der Waals surface area contributed by atoms with Gasteiger partial charge in [0.15, 0.2) is 5.65 Å². The van der Waals surface area contributed by atoms with E-state index in [0.717, 1.165) is 9.54 Å². The van der Waals surface area contributed by atoms with E-state index in [9.17, 15) is 18.9 Å². The van der Waals surface area contributed by atoms with Crippen molar-refractivity contribution in [3.63, 3.8) is 0 Å². The molecule has 1 atom stereocenters. The van der Waals surface area contributed by atoms with E-state index >= 15 is 0 Å². The maximum absolute atomic E-state index is 11.7. The van der Waals surface area contributed by atoms with E-state index in [0.29, 0.717) is 21.9 Å². The fraction of sp³-hybridized carbons (Fsp3) is 0. The Labute approximate surface area is 154 Å². The maximum atomic E-state index is 11.7. The number of rotatable bonds is 3. The number of hydrogen-bond donors (Lipinski definition) is 0. The average Bonchev–Trinajstić information content (AvgIpc) is 2.94. The zero-order valence-electron chi connectivity index (χ0n) is 13.0. The highest BCUT2D eigenvalue weighted by Gasteiger charge is 2.15. The van der Waals surface area contributed by atoms with Crippen LogP contribution in [0.3, 0.4) is 0 Å². The van der Waals surface area contributed by atoms with E-state index in [1.165, 1.54) is 12.1 Å². The van der Waals surface area contributed by atoms with Gasteiger partial charge >= 0.3 is 0 Å². The van der Waals surface area contributed by atoms with Crippen molar-refractivity contribution in [1.29, 1.82) is 0 Å². The molecule has 1 unspecified atom stereocenters. The second-order valence-electron chi connectivity index (χ2n) is 5.56. The van der Waals surface area contributed by atoms with E-state index in [2.05, 4.69) is 4.98 Å². The fourth-order valence-corrected chi connectivity index (χ4v) is 3.71. The molecule has 0 fully saturated rings. The number of benzene rings is 2. The SMILES string of the molecule is O=[N+]([O-])c1cccc(-c2ccc3c(c2)c2ccc(Cl)nc2n3S(=O)[O-])c1. The Kier molecular flexibility index (Phi) is 3.95. The number of non-ortho nitro benzene ring substituents is 1.